The second kappa shape index (κ2) is 3.49. The van der Waals surface area contributed by atoms with Crippen LogP contribution in [-0.2, 0) is 0 Å². The maximum atomic E-state index is 4.29. The fourth-order valence-electron chi connectivity index (χ4n) is 2.20. The number of allylic oxidation sites excluding steroid dienone is 1. The number of benzene rings is 2. The highest BCUT2D eigenvalue weighted by Gasteiger charge is 2.12. The molecule has 2 aromatic rings. The van der Waals surface area contributed by atoms with E-state index in [-0.39, 0.29) is 0 Å². The molecule has 2 nitrogen and oxygen atoms in total. The van der Waals surface area contributed by atoms with Crippen LogP contribution in [0, 0.1) is 0 Å². The average molecular weight is 208 g/mol. The molecule has 1 N–H and O–H groups in total. The molecule has 0 aliphatic heterocycles. The van der Waals surface area contributed by atoms with Crippen molar-refractivity contribution >= 4 is 22.6 Å². The van der Waals surface area contributed by atoms with Gasteiger partial charge in [0.25, 0.3) is 0 Å². The first-order chi connectivity index (χ1) is 7.90. The fourth-order valence-corrected chi connectivity index (χ4v) is 2.20. The quantitative estimate of drug-likeness (QED) is 0.716. The van der Waals surface area contributed by atoms with E-state index in [0.29, 0.717) is 0 Å². The van der Waals surface area contributed by atoms with Crippen LogP contribution in [0.4, 0.5) is 0 Å². The molecule has 0 amide bonds. The lowest BCUT2D eigenvalue weighted by molar-refractivity contribution is 0.903. The first kappa shape index (κ1) is 9.16. The van der Waals surface area contributed by atoms with E-state index in [1.54, 1.807) is 0 Å². The van der Waals surface area contributed by atoms with Crippen LogP contribution in [0.5, 0.6) is 0 Å². The topological polar surface area (TPSA) is 24.4 Å². The molecule has 2 aromatic carbocycles. The van der Waals surface area contributed by atoms with E-state index in [9.17, 15) is 0 Å². The molecule has 0 spiro atoms. The van der Waals surface area contributed by atoms with Gasteiger partial charge in [0.05, 0.1) is 5.71 Å². The lowest BCUT2D eigenvalue weighted by Gasteiger charge is -2.13. The lowest BCUT2D eigenvalue weighted by atomic mass is 9.92. The fraction of sp³-hybridized carbons (Fsp3) is 0.0714. The van der Waals surface area contributed by atoms with Crippen molar-refractivity contribution in [1.82, 2.24) is 5.43 Å². The van der Waals surface area contributed by atoms with Gasteiger partial charge in [0.15, 0.2) is 0 Å². The molecule has 1 aliphatic carbocycles. The first-order valence-electron chi connectivity index (χ1n) is 5.35. The Morgan fingerprint density at radius 2 is 1.81 bits per heavy atom. The van der Waals surface area contributed by atoms with E-state index in [0.717, 1.165) is 5.71 Å². The first-order valence-corrected chi connectivity index (χ1v) is 5.35. The molecule has 0 saturated carbocycles. The van der Waals surface area contributed by atoms with E-state index in [1.807, 2.05) is 13.1 Å². The predicted octanol–water partition coefficient (Wildman–Crippen LogP) is 2.79. The molecule has 0 bridgehead atoms. The summed E-state index contributed by atoms with van der Waals surface area (Å²) in [5, 5.41) is 6.85. The van der Waals surface area contributed by atoms with Gasteiger partial charge >= 0.3 is 0 Å². The summed E-state index contributed by atoms with van der Waals surface area (Å²) in [7, 11) is 1.82. The molecule has 3 rings (SSSR count). The SMILES string of the molecule is CN/N=C1/C=Cc2cccc3cccc1c23. The number of nitrogens with zero attached hydrogens (tertiary/aromatic N) is 1. The summed E-state index contributed by atoms with van der Waals surface area (Å²) < 4.78 is 0. The van der Waals surface area contributed by atoms with E-state index in [4.69, 9.17) is 0 Å². The van der Waals surface area contributed by atoms with Gasteiger partial charge in [-0.2, -0.15) is 5.10 Å². The van der Waals surface area contributed by atoms with E-state index >= 15 is 0 Å². The maximum absolute atomic E-state index is 4.29. The highest BCUT2D eigenvalue weighted by Crippen LogP contribution is 2.28. The summed E-state index contributed by atoms with van der Waals surface area (Å²) in [4.78, 5) is 0. The molecule has 2 heteroatoms. The number of hydrazone groups is 1. The van der Waals surface area contributed by atoms with E-state index < -0.39 is 0 Å². The van der Waals surface area contributed by atoms with Crippen molar-refractivity contribution < 1.29 is 0 Å². The molecular weight excluding hydrogens is 196 g/mol. The Hall–Kier alpha value is -2.09. The molecule has 16 heavy (non-hydrogen) atoms. The van der Waals surface area contributed by atoms with Crippen molar-refractivity contribution in [1.29, 1.82) is 0 Å². The molecule has 0 fully saturated rings. The summed E-state index contributed by atoms with van der Waals surface area (Å²) in [5.41, 5.74) is 6.31. The second-order valence-electron chi connectivity index (χ2n) is 3.80. The van der Waals surface area contributed by atoms with Crippen molar-refractivity contribution in [2.45, 2.75) is 0 Å². The van der Waals surface area contributed by atoms with Crippen LogP contribution in [0.2, 0.25) is 0 Å². The van der Waals surface area contributed by atoms with Crippen molar-refractivity contribution in [3.8, 4) is 0 Å². The Bertz CT molecular complexity index is 604. The van der Waals surface area contributed by atoms with Crippen molar-refractivity contribution in [3.05, 3.63) is 53.6 Å². The largest absolute Gasteiger partial charge is 0.313 e. The van der Waals surface area contributed by atoms with Crippen LogP contribution in [0.1, 0.15) is 11.1 Å². The van der Waals surface area contributed by atoms with Gasteiger partial charge in [-0.1, -0.05) is 42.5 Å². The average Bonchev–Trinajstić information content (AvgIpc) is 2.33. The normalized spacial score (nSPS) is 15.7. The van der Waals surface area contributed by atoms with Gasteiger partial charge in [0.2, 0.25) is 0 Å². The standard InChI is InChI=1S/C14H12N2/c1-15-16-13-9-8-11-5-2-4-10-6-3-7-12(13)14(10)11/h2-9,15H,1H3/b16-13-. The molecule has 0 radical (unpaired) electrons. The molecule has 78 valence electrons. The van der Waals surface area contributed by atoms with Gasteiger partial charge in [-0.25, -0.2) is 0 Å². The third-order valence-electron chi connectivity index (χ3n) is 2.87. The minimum atomic E-state index is 0.992. The third kappa shape index (κ3) is 1.23. The molecule has 0 heterocycles. The van der Waals surface area contributed by atoms with Gasteiger partial charge in [0.1, 0.15) is 0 Å². The monoisotopic (exact) mass is 208 g/mol. The van der Waals surface area contributed by atoms with Gasteiger partial charge in [-0.15, -0.1) is 0 Å². The summed E-state index contributed by atoms with van der Waals surface area (Å²) in [6, 6.07) is 12.7. The molecule has 0 saturated heterocycles. The summed E-state index contributed by atoms with van der Waals surface area (Å²) in [6.07, 6.45) is 4.17. The Morgan fingerprint density at radius 3 is 2.62 bits per heavy atom. The Kier molecular flexibility index (Phi) is 2.00. The highest BCUT2D eigenvalue weighted by molar-refractivity contribution is 6.22. The van der Waals surface area contributed by atoms with Crippen LogP contribution in [0.3, 0.4) is 0 Å². The van der Waals surface area contributed by atoms with Crippen LogP contribution in [0.15, 0.2) is 47.6 Å². The summed E-state index contributed by atoms with van der Waals surface area (Å²) in [5.74, 6) is 0. The van der Waals surface area contributed by atoms with Crippen molar-refractivity contribution in [2.75, 3.05) is 7.05 Å². The molecular formula is C14H12N2. The van der Waals surface area contributed by atoms with Gasteiger partial charge in [0, 0.05) is 12.6 Å². The Balaban J connectivity index is 2.40. The zero-order valence-corrected chi connectivity index (χ0v) is 9.07. The minimum absolute atomic E-state index is 0.992. The highest BCUT2D eigenvalue weighted by atomic mass is 15.3. The lowest BCUT2D eigenvalue weighted by Crippen LogP contribution is -2.08. The van der Waals surface area contributed by atoms with Crippen molar-refractivity contribution in [2.24, 2.45) is 5.10 Å². The Labute approximate surface area is 94.3 Å². The smallest absolute Gasteiger partial charge is 0.0908 e. The van der Waals surface area contributed by atoms with Crippen LogP contribution in [0.25, 0.3) is 16.8 Å². The van der Waals surface area contributed by atoms with Crippen molar-refractivity contribution in [3.63, 3.8) is 0 Å². The van der Waals surface area contributed by atoms with Gasteiger partial charge < -0.3 is 5.43 Å². The molecule has 0 aromatic heterocycles. The second-order valence-corrected chi connectivity index (χ2v) is 3.80. The zero-order chi connectivity index (χ0) is 11.0. The van der Waals surface area contributed by atoms with Gasteiger partial charge in [-0.05, 0) is 22.4 Å². The van der Waals surface area contributed by atoms with Crippen LogP contribution in [-0.4, -0.2) is 12.8 Å². The molecule has 0 atom stereocenters. The summed E-state index contributed by atoms with van der Waals surface area (Å²) in [6.45, 7) is 0. The summed E-state index contributed by atoms with van der Waals surface area (Å²) >= 11 is 0. The Morgan fingerprint density at radius 1 is 1.00 bits per heavy atom. The molecule has 0 unspecified atom stereocenters. The van der Waals surface area contributed by atoms with Crippen LogP contribution >= 0.6 is 0 Å². The minimum Gasteiger partial charge on any atom is -0.313 e. The zero-order valence-electron chi connectivity index (χ0n) is 9.07. The number of nitrogens with one attached hydrogen (secondary N) is 1. The number of hydrogen-bond donors (Lipinski definition) is 1. The van der Waals surface area contributed by atoms with E-state index in [2.05, 4.69) is 53.0 Å². The van der Waals surface area contributed by atoms with E-state index in [1.165, 1.54) is 21.9 Å². The molecule has 1 aliphatic rings. The predicted molar refractivity (Wildman–Crippen MR) is 68.6 cm³/mol. The van der Waals surface area contributed by atoms with Gasteiger partial charge in [-0.3, -0.25) is 0 Å². The number of rotatable bonds is 1. The number of hydrogen-bond acceptors (Lipinski definition) is 2. The van der Waals surface area contributed by atoms with Crippen LogP contribution < -0.4 is 5.43 Å². The maximum Gasteiger partial charge on any atom is 0.0908 e. The third-order valence-corrected chi connectivity index (χ3v) is 2.87.